The molecule has 0 saturated carbocycles. The maximum Gasteiger partial charge on any atom is 0.326 e. The van der Waals surface area contributed by atoms with Gasteiger partial charge in [0, 0.05) is 5.88 Å². The molecule has 0 aromatic rings. The van der Waals surface area contributed by atoms with Gasteiger partial charge >= 0.3 is 84.4 Å². The summed E-state index contributed by atoms with van der Waals surface area (Å²) in [5.41, 5.74) is -3.62. The van der Waals surface area contributed by atoms with Gasteiger partial charge in [-0.05, 0) is 26.2 Å². The van der Waals surface area contributed by atoms with E-state index in [-0.39, 0.29) is 18.7 Å². The van der Waals surface area contributed by atoms with Crippen LogP contribution in [0.2, 0.25) is 0 Å². The van der Waals surface area contributed by atoms with E-state index < -0.39 is 263 Å². The van der Waals surface area contributed by atoms with Crippen LogP contribution in [0, 0.1) is 0 Å². The second kappa shape index (κ2) is 14.5. The first kappa shape index (κ1) is 49.0. The summed E-state index contributed by atoms with van der Waals surface area (Å²) in [6.07, 6.45) is -14.4. The molecule has 0 spiro atoms. The topological polar surface area (TPSA) is 330 Å². The largest absolute Gasteiger partial charge is 0.326 e. The fraction of sp³-hybridized carbons (Fsp3) is 0.702. The molecule has 21 fully saturated rings. The maximum atomic E-state index is 16.2. The zero-order chi connectivity index (χ0) is 60.9. The molecule has 0 aromatic heterocycles. The molecule has 0 aliphatic carbocycles. The van der Waals surface area contributed by atoms with Crippen LogP contribution in [-0.2, 0) is 0 Å². The minimum Gasteiger partial charge on any atom is -0.282 e. The highest BCUT2D eigenvalue weighted by atomic mass is 35.5. The Hall–Kier alpha value is -9.93. The lowest BCUT2D eigenvalue weighted by Gasteiger charge is -2.52. The van der Waals surface area contributed by atoms with Crippen molar-refractivity contribution in [3.63, 3.8) is 0 Å². The maximum absolute atomic E-state index is 16.2. The third-order valence-corrected chi connectivity index (χ3v) is 24.2. The van der Waals surface area contributed by atoms with Crippen LogP contribution in [0.1, 0.15) is 26.2 Å². The average molecular weight is 1270 g/mol. The molecule has 21 heterocycles. The monoisotopic (exact) mass is 1270 g/mol. The van der Waals surface area contributed by atoms with Crippen molar-refractivity contribution < 1.29 is 67.1 Å². The van der Waals surface area contributed by atoms with Crippen molar-refractivity contribution in [3.05, 3.63) is 0 Å². The van der Waals surface area contributed by atoms with Gasteiger partial charge in [0.2, 0.25) is 0 Å². The molecule has 90 heavy (non-hydrogen) atoms. The summed E-state index contributed by atoms with van der Waals surface area (Å²) in [6.45, 7) is -5.79. The summed E-state index contributed by atoms with van der Waals surface area (Å²) in [5, 5.41) is 0. The molecular formula is C47H51ClN28O14. The number of amides is 28. The van der Waals surface area contributed by atoms with E-state index in [0.29, 0.717) is 6.42 Å². The van der Waals surface area contributed by atoms with Crippen LogP contribution in [-0.4, -0.2) is 406 Å². The van der Waals surface area contributed by atoms with Gasteiger partial charge in [-0.3, -0.25) is 137 Å². The summed E-state index contributed by atoms with van der Waals surface area (Å²) < 4.78 is 0. The van der Waals surface area contributed by atoms with E-state index in [9.17, 15) is 0 Å². The first-order valence-corrected chi connectivity index (χ1v) is 30.5. The minimum absolute atomic E-state index is 0.00115. The van der Waals surface area contributed by atoms with E-state index in [1.807, 2.05) is 0 Å². The van der Waals surface area contributed by atoms with Crippen LogP contribution in [0.15, 0.2) is 0 Å². The number of unbranched alkanes of at least 4 members (excludes halogenated alkanes) is 1. The molecular weight excluding hydrogens is 1220 g/mol. The summed E-state index contributed by atoms with van der Waals surface area (Å²) in [5.74, 6) is 0.174. The lowest BCUT2D eigenvalue weighted by molar-refractivity contribution is -0.120. The average Bonchev–Trinajstić information content (AvgIpc) is 1.49. The van der Waals surface area contributed by atoms with Gasteiger partial charge in [0.15, 0.2) is 85.3 Å². The fourth-order valence-corrected chi connectivity index (χ4v) is 20.4. The van der Waals surface area contributed by atoms with Gasteiger partial charge in [0.05, 0.1) is 0 Å². The predicted octanol–water partition coefficient (Wildman–Crippen LogP) is -4.44. The highest BCUT2D eigenvalue weighted by molar-refractivity contribution is 6.17. The third kappa shape index (κ3) is 4.61. The van der Waals surface area contributed by atoms with Crippen LogP contribution in [0.3, 0.4) is 0 Å². The molecule has 0 radical (unpaired) electrons. The molecule has 21 rings (SSSR count). The van der Waals surface area contributed by atoms with Gasteiger partial charge in [-0.1, -0.05) is 0 Å². The Bertz CT molecular complexity index is 3550. The van der Waals surface area contributed by atoms with Crippen LogP contribution in [0.5, 0.6) is 0 Å². The standard InChI is InChI=1S/C47H51ClN28O14/c1-46-47(4-2-3-5-48)75-18-71-31-29-67(42(71)87)14-63-27-25-59(38(63)83)10-55-23-21-51(34(55)79)6-49-20-22-53(32(49)77)8-57-24-26-61(36(57)81)12-65-28-30(69(40(65)85)16-73(46)44(75)89)70-17-74(46)45(90)76(47)19-72(31)43(88)68(29)15-64(27)39(84)60(25)11-56(23)35(80)52(21)7-50(20)33(78)54(22)9-58(24)37(82)62(26)13-66(28)41(70)86/h20-31H,2-19H2,1H3. The molecule has 0 unspecified atom stereocenters. The predicted molar refractivity (Wildman–Crippen MR) is 276 cm³/mol. The Morgan fingerprint density at radius 1 is 0.244 bits per heavy atom. The SMILES string of the molecule is CC12N3CN4C(=O)N5CN6C(=O)N7CN8C(=O)N9CN%10C(=O)N%11CN%12C(=O)N%13CN%14C(=O)N%15CN(C3=O)C1(CCCCCl)N1CN3C(=O)N(CN%16C(=O)N(CN%17C(=O)N(CN%18C(=O)N(CN%19C(=O)N(CN%20C(=O)N(CN2C1=O)C4C5%20)C6C7%19)C8C9%18)C%10C%11%17)C%12C%13%16)C%14C%153. The molecule has 28 amide bonds. The summed E-state index contributed by atoms with van der Waals surface area (Å²) in [4.78, 5) is 256. The lowest BCUT2D eigenvalue weighted by atomic mass is 9.87. The Morgan fingerprint density at radius 2 is 0.400 bits per heavy atom. The van der Waals surface area contributed by atoms with Crippen molar-refractivity contribution in [3.8, 4) is 0 Å². The zero-order valence-electron chi connectivity index (χ0n) is 47.3. The summed E-state index contributed by atoms with van der Waals surface area (Å²) in [6, 6.07) is -10.1. The minimum atomic E-state index is -1.83. The lowest BCUT2D eigenvalue weighted by Crippen LogP contribution is -2.72. The van der Waals surface area contributed by atoms with Crippen LogP contribution in [0.4, 0.5) is 67.1 Å². The van der Waals surface area contributed by atoms with Gasteiger partial charge in [0.1, 0.15) is 93.4 Å². The van der Waals surface area contributed by atoms with Crippen molar-refractivity contribution in [2.75, 3.05) is 99.2 Å². The van der Waals surface area contributed by atoms with Gasteiger partial charge in [-0.25, -0.2) is 67.1 Å². The molecule has 21 aliphatic rings. The quantitative estimate of drug-likeness (QED) is 0.190. The Labute approximate surface area is 509 Å². The van der Waals surface area contributed by atoms with Crippen LogP contribution in [0.25, 0.3) is 0 Å². The van der Waals surface area contributed by atoms with Gasteiger partial charge in [0.25, 0.3) is 0 Å². The molecule has 470 valence electrons. The third-order valence-electron chi connectivity index (χ3n) is 23.9. The first-order valence-electron chi connectivity index (χ1n) is 29.9. The first-order chi connectivity index (χ1) is 43.3. The summed E-state index contributed by atoms with van der Waals surface area (Å²) in [7, 11) is 0. The van der Waals surface area contributed by atoms with Crippen LogP contribution >= 0.6 is 11.6 Å². The van der Waals surface area contributed by atoms with E-state index in [1.165, 1.54) is 137 Å². The number of hydrogen-bond acceptors (Lipinski definition) is 14. The molecule has 0 atom stereocenters. The number of carbonyl (C=O) groups is 14. The van der Waals surface area contributed by atoms with E-state index in [4.69, 9.17) is 11.6 Å². The highest BCUT2D eigenvalue weighted by Crippen LogP contribution is 2.59. The highest BCUT2D eigenvalue weighted by Gasteiger charge is 2.82. The van der Waals surface area contributed by atoms with Gasteiger partial charge in [-0.2, -0.15) is 0 Å². The Balaban J connectivity index is 0.749. The molecule has 21 aliphatic heterocycles. The number of urea groups is 14. The normalized spacial score (nSPS) is 40.1. The molecule has 42 nitrogen and oxygen atoms in total. The number of halogens is 1. The second-order valence-corrected chi connectivity index (χ2v) is 27.2. The smallest absolute Gasteiger partial charge is 0.282 e. The number of nitrogens with zero attached hydrogens (tertiary/aromatic N) is 28. The van der Waals surface area contributed by atoms with E-state index >= 15 is 67.1 Å². The van der Waals surface area contributed by atoms with E-state index in [2.05, 4.69) is 0 Å². The van der Waals surface area contributed by atoms with E-state index in [0.717, 1.165) is 0 Å². The van der Waals surface area contributed by atoms with Crippen molar-refractivity contribution in [2.45, 2.75) is 112 Å². The van der Waals surface area contributed by atoms with Gasteiger partial charge in [-0.15, -0.1) is 11.6 Å². The van der Waals surface area contributed by atoms with Crippen molar-refractivity contribution >= 4 is 96.0 Å². The Kier molecular flexibility index (Phi) is 7.92. The number of alkyl halides is 1. The molecule has 0 aromatic carbocycles. The molecule has 0 N–H and O–H groups in total. The molecule has 21 saturated heterocycles. The van der Waals surface area contributed by atoms with Crippen molar-refractivity contribution in [1.82, 2.24) is 137 Å². The Morgan fingerprint density at radius 3 is 0.567 bits per heavy atom. The van der Waals surface area contributed by atoms with Gasteiger partial charge < -0.3 is 0 Å². The number of hydrogen-bond donors (Lipinski definition) is 0. The number of carbonyl (C=O) groups excluding carboxylic acids is 14. The fourth-order valence-electron chi connectivity index (χ4n) is 20.2. The summed E-state index contributed by atoms with van der Waals surface area (Å²) >= 11 is 6.38. The van der Waals surface area contributed by atoms with E-state index in [1.54, 1.807) is 6.92 Å². The molecule has 0 bridgehead atoms. The zero-order valence-corrected chi connectivity index (χ0v) is 48.0. The number of rotatable bonds is 4. The molecule has 43 heteroatoms. The van der Waals surface area contributed by atoms with Crippen LogP contribution < -0.4 is 0 Å². The van der Waals surface area contributed by atoms with Crippen molar-refractivity contribution in [1.29, 1.82) is 0 Å². The second-order valence-electron chi connectivity index (χ2n) is 26.9. The van der Waals surface area contributed by atoms with Crippen molar-refractivity contribution in [2.24, 2.45) is 0 Å².